The molecule has 0 fully saturated rings. The van der Waals surface area contributed by atoms with Gasteiger partial charge in [-0.2, -0.15) is 0 Å². The Bertz CT molecular complexity index is 636. The molecule has 0 atom stereocenters. The third-order valence-electron chi connectivity index (χ3n) is 2.63. The Morgan fingerprint density at radius 1 is 1.35 bits per heavy atom. The van der Waals surface area contributed by atoms with E-state index < -0.39 is 5.97 Å². The lowest BCUT2D eigenvalue weighted by Crippen LogP contribution is -2.00. The van der Waals surface area contributed by atoms with Gasteiger partial charge in [-0.25, -0.2) is 4.79 Å². The number of carboxylic acid groups (broad SMARTS) is 1. The van der Waals surface area contributed by atoms with Crippen LogP contribution in [0.2, 0.25) is 0 Å². The number of benzene rings is 1. The summed E-state index contributed by atoms with van der Waals surface area (Å²) in [6.07, 6.45) is 0. The summed E-state index contributed by atoms with van der Waals surface area (Å²) in [7, 11) is 1.60. The van der Waals surface area contributed by atoms with E-state index in [0.717, 1.165) is 20.7 Å². The predicted molar refractivity (Wildman–Crippen MR) is 81.0 cm³/mol. The fourth-order valence-electron chi connectivity index (χ4n) is 1.71. The molecule has 20 heavy (non-hydrogen) atoms. The number of carbonyl (C=O) groups is 1. The summed E-state index contributed by atoms with van der Waals surface area (Å²) in [6.45, 7) is 2.16. The Kier molecular flexibility index (Phi) is 4.67. The number of methoxy groups -OCH3 is 1. The molecule has 1 aromatic carbocycles. The van der Waals surface area contributed by atoms with Crippen LogP contribution in [0, 0.1) is 6.92 Å². The number of hydrogen-bond acceptors (Lipinski definition) is 4. The van der Waals surface area contributed by atoms with Crippen LogP contribution in [0.5, 0.6) is 11.5 Å². The van der Waals surface area contributed by atoms with Crippen molar-refractivity contribution in [2.45, 2.75) is 13.5 Å². The summed E-state index contributed by atoms with van der Waals surface area (Å²) in [5.74, 6) is 0.187. The zero-order chi connectivity index (χ0) is 14.7. The van der Waals surface area contributed by atoms with Gasteiger partial charge in [-0.05, 0) is 46.6 Å². The van der Waals surface area contributed by atoms with Gasteiger partial charge in [0.2, 0.25) is 0 Å². The second-order valence-corrected chi connectivity index (χ2v) is 6.22. The van der Waals surface area contributed by atoms with Crippen LogP contribution in [0.4, 0.5) is 0 Å². The highest BCUT2D eigenvalue weighted by molar-refractivity contribution is 9.10. The zero-order valence-electron chi connectivity index (χ0n) is 11.0. The molecule has 2 aromatic rings. The largest absolute Gasteiger partial charge is 0.496 e. The van der Waals surface area contributed by atoms with Gasteiger partial charge in [-0.3, -0.25) is 0 Å². The molecule has 0 aliphatic carbocycles. The van der Waals surface area contributed by atoms with Crippen LogP contribution in [0.1, 0.15) is 20.1 Å². The van der Waals surface area contributed by atoms with E-state index in [-0.39, 0.29) is 4.88 Å². The van der Waals surface area contributed by atoms with Crippen molar-refractivity contribution in [1.29, 1.82) is 0 Å². The van der Waals surface area contributed by atoms with E-state index >= 15 is 0 Å². The van der Waals surface area contributed by atoms with Crippen molar-refractivity contribution in [1.82, 2.24) is 0 Å². The minimum atomic E-state index is -0.964. The summed E-state index contributed by atoms with van der Waals surface area (Å²) in [5.41, 5.74) is 0.929. The number of halogens is 1. The van der Waals surface area contributed by atoms with Gasteiger partial charge in [-0.15, -0.1) is 11.3 Å². The Balaban J connectivity index is 2.13. The first-order valence-corrected chi connectivity index (χ1v) is 7.41. The monoisotopic (exact) mass is 356 g/mol. The highest BCUT2D eigenvalue weighted by Crippen LogP contribution is 2.30. The summed E-state index contributed by atoms with van der Waals surface area (Å²) in [6, 6.07) is 7.34. The first kappa shape index (κ1) is 14.9. The van der Waals surface area contributed by atoms with Crippen LogP contribution < -0.4 is 9.47 Å². The van der Waals surface area contributed by atoms with Crippen molar-refractivity contribution in [3.8, 4) is 11.5 Å². The van der Waals surface area contributed by atoms with Gasteiger partial charge in [-0.1, -0.05) is 6.07 Å². The van der Waals surface area contributed by atoms with Crippen LogP contribution in [0.3, 0.4) is 0 Å². The van der Waals surface area contributed by atoms with Crippen molar-refractivity contribution in [3.05, 3.63) is 44.1 Å². The Labute approximate surface area is 129 Å². The fourth-order valence-corrected chi connectivity index (χ4v) is 3.09. The molecule has 0 amide bonds. The van der Waals surface area contributed by atoms with Crippen molar-refractivity contribution in [3.63, 3.8) is 0 Å². The third kappa shape index (κ3) is 3.32. The van der Waals surface area contributed by atoms with Gasteiger partial charge in [0, 0.05) is 4.88 Å². The van der Waals surface area contributed by atoms with E-state index in [2.05, 4.69) is 15.9 Å². The smallest absolute Gasteiger partial charge is 0.349 e. The maximum atomic E-state index is 11.1. The van der Waals surface area contributed by atoms with Crippen molar-refractivity contribution in [2.24, 2.45) is 0 Å². The minimum absolute atomic E-state index is 0.232. The fraction of sp³-hybridized carbons (Fsp3) is 0.214. The topological polar surface area (TPSA) is 55.8 Å². The molecule has 6 heteroatoms. The van der Waals surface area contributed by atoms with E-state index in [4.69, 9.17) is 14.6 Å². The lowest BCUT2D eigenvalue weighted by atomic mass is 10.2. The Hall–Kier alpha value is -1.53. The van der Waals surface area contributed by atoms with Crippen LogP contribution in [0.15, 0.2) is 28.7 Å². The first-order valence-electron chi connectivity index (χ1n) is 5.80. The molecule has 0 aliphatic heterocycles. The maximum absolute atomic E-state index is 11.1. The summed E-state index contributed by atoms with van der Waals surface area (Å²) >= 11 is 4.62. The van der Waals surface area contributed by atoms with Crippen LogP contribution in [-0.4, -0.2) is 18.2 Å². The third-order valence-corrected chi connectivity index (χ3v) is 4.27. The molecule has 0 saturated carbocycles. The molecule has 106 valence electrons. The zero-order valence-corrected chi connectivity index (χ0v) is 13.4. The van der Waals surface area contributed by atoms with Crippen LogP contribution in [0.25, 0.3) is 0 Å². The van der Waals surface area contributed by atoms with Crippen LogP contribution >= 0.6 is 27.3 Å². The van der Waals surface area contributed by atoms with Gasteiger partial charge in [0.15, 0.2) is 4.88 Å². The molecule has 0 unspecified atom stereocenters. The van der Waals surface area contributed by atoms with Gasteiger partial charge in [0.05, 0.1) is 11.6 Å². The number of aryl methyl sites for hydroxylation is 1. The second kappa shape index (κ2) is 6.28. The Morgan fingerprint density at radius 3 is 2.70 bits per heavy atom. The van der Waals surface area contributed by atoms with Gasteiger partial charge < -0.3 is 14.6 Å². The van der Waals surface area contributed by atoms with E-state index in [1.807, 2.05) is 25.1 Å². The standard InChI is InChI=1S/C14H13BrO4S/c1-8-5-12(13(20-8)14(16)17)19-7-9-3-4-11(18-2)10(15)6-9/h3-6H,7H2,1-2H3,(H,16,17). The maximum Gasteiger partial charge on any atom is 0.349 e. The van der Waals surface area contributed by atoms with E-state index in [9.17, 15) is 4.79 Å². The average molecular weight is 357 g/mol. The minimum Gasteiger partial charge on any atom is -0.496 e. The molecule has 1 N–H and O–H groups in total. The molecule has 0 aliphatic rings. The average Bonchev–Trinajstić information content (AvgIpc) is 2.78. The molecule has 0 radical (unpaired) electrons. The van der Waals surface area contributed by atoms with E-state index in [1.54, 1.807) is 13.2 Å². The van der Waals surface area contributed by atoms with Gasteiger partial charge in [0.25, 0.3) is 0 Å². The Morgan fingerprint density at radius 2 is 2.10 bits per heavy atom. The lowest BCUT2D eigenvalue weighted by Gasteiger charge is -2.08. The number of hydrogen-bond donors (Lipinski definition) is 1. The van der Waals surface area contributed by atoms with E-state index in [1.165, 1.54) is 11.3 Å². The number of rotatable bonds is 5. The second-order valence-electron chi connectivity index (χ2n) is 4.11. The molecule has 2 rings (SSSR count). The van der Waals surface area contributed by atoms with Crippen molar-refractivity contribution >= 4 is 33.2 Å². The number of ether oxygens (including phenoxy) is 2. The number of thiophene rings is 1. The predicted octanol–water partition coefficient (Wildman–Crippen LogP) is 4.10. The summed E-state index contributed by atoms with van der Waals surface area (Å²) in [5, 5.41) is 9.09. The number of aromatic carboxylic acids is 1. The van der Waals surface area contributed by atoms with Gasteiger partial charge in [0.1, 0.15) is 18.1 Å². The first-order chi connectivity index (χ1) is 9.51. The van der Waals surface area contributed by atoms with Gasteiger partial charge >= 0.3 is 5.97 Å². The molecule has 1 aromatic heterocycles. The molecule has 0 spiro atoms. The quantitative estimate of drug-likeness (QED) is 0.875. The summed E-state index contributed by atoms with van der Waals surface area (Å²) in [4.78, 5) is 12.2. The summed E-state index contributed by atoms with van der Waals surface area (Å²) < 4.78 is 11.6. The van der Waals surface area contributed by atoms with E-state index in [0.29, 0.717) is 12.4 Å². The molecular weight excluding hydrogens is 344 g/mol. The number of carboxylic acids is 1. The lowest BCUT2D eigenvalue weighted by molar-refractivity contribution is 0.0697. The van der Waals surface area contributed by atoms with Crippen LogP contribution in [-0.2, 0) is 6.61 Å². The molecule has 1 heterocycles. The molecule has 4 nitrogen and oxygen atoms in total. The highest BCUT2D eigenvalue weighted by Gasteiger charge is 2.15. The highest BCUT2D eigenvalue weighted by atomic mass is 79.9. The normalized spacial score (nSPS) is 10.3. The molecule has 0 bridgehead atoms. The molecule has 0 saturated heterocycles. The van der Waals surface area contributed by atoms with Crippen molar-refractivity contribution in [2.75, 3.05) is 7.11 Å². The SMILES string of the molecule is COc1ccc(COc2cc(C)sc2C(=O)O)cc1Br. The molecular formula is C14H13BrO4S. The van der Waals surface area contributed by atoms with Crippen molar-refractivity contribution < 1.29 is 19.4 Å².